The first-order valence-corrected chi connectivity index (χ1v) is 9.42. The highest BCUT2D eigenvalue weighted by Gasteiger charge is 2.45. The summed E-state index contributed by atoms with van der Waals surface area (Å²) in [5.74, 6) is 1.71. The number of anilines is 1. The third kappa shape index (κ3) is 3.29. The van der Waals surface area contributed by atoms with E-state index in [1.807, 2.05) is 23.5 Å². The Morgan fingerprint density at radius 3 is 3.04 bits per heavy atom. The predicted octanol–water partition coefficient (Wildman–Crippen LogP) is 2.74. The normalized spacial score (nSPS) is 26.2. The maximum atomic E-state index is 12.6. The van der Waals surface area contributed by atoms with Crippen LogP contribution in [0.3, 0.4) is 0 Å². The Bertz CT molecular complexity index is 717. The van der Waals surface area contributed by atoms with E-state index in [0.717, 1.165) is 38.2 Å². The number of amides is 1. The monoisotopic (exact) mass is 342 g/mol. The van der Waals surface area contributed by atoms with Gasteiger partial charge in [0.25, 0.3) is 0 Å². The summed E-state index contributed by atoms with van der Waals surface area (Å²) in [6.07, 6.45) is 4.79. The van der Waals surface area contributed by atoms with Crippen molar-refractivity contribution < 1.29 is 4.79 Å². The summed E-state index contributed by atoms with van der Waals surface area (Å²) in [7, 11) is 0. The maximum absolute atomic E-state index is 12.6. The van der Waals surface area contributed by atoms with E-state index >= 15 is 0 Å². The Balaban J connectivity index is 1.33. The van der Waals surface area contributed by atoms with Gasteiger partial charge in [-0.3, -0.25) is 4.79 Å². The van der Waals surface area contributed by atoms with Crippen LogP contribution in [-0.4, -0.2) is 35.2 Å². The Morgan fingerprint density at radius 1 is 1.38 bits per heavy atom. The molecule has 24 heavy (non-hydrogen) atoms. The summed E-state index contributed by atoms with van der Waals surface area (Å²) in [5, 5.41) is 11.4. The van der Waals surface area contributed by atoms with Crippen molar-refractivity contribution >= 4 is 23.1 Å². The van der Waals surface area contributed by atoms with Gasteiger partial charge in [-0.25, -0.2) is 0 Å². The lowest BCUT2D eigenvalue weighted by Gasteiger charge is -2.33. The van der Waals surface area contributed by atoms with Gasteiger partial charge in [0.1, 0.15) is 0 Å². The van der Waals surface area contributed by atoms with Gasteiger partial charge in [0.05, 0.1) is 0 Å². The minimum atomic E-state index is 0.162. The van der Waals surface area contributed by atoms with E-state index in [-0.39, 0.29) is 17.9 Å². The molecular weight excluding hydrogens is 320 g/mol. The number of carbonyl (C=O) groups excluding carboxylic acids is 1. The molecule has 126 valence electrons. The van der Waals surface area contributed by atoms with E-state index in [9.17, 15) is 4.79 Å². The number of nitrogens with one attached hydrogen (secondary N) is 1. The first kappa shape index (κ1) is 15.6. The standard InChI is InChI=1S/C18H22N4OS/c1-12-6-7-16(24-12)14-10-15(14)18(23)20-13-4-3-9-22(11-13)17-5-2-8-19-21-17/h2,5-8,13-15H,3-4,9-11H2,1H3,(H,20,23)/t13-,14-,15-/m1/s1. The molecule has 6 heteroatoms. The third-order valence-corrected chi connectivity index (χ3v) is 6.04. The molecule has 2 aromatic heterocycles. The lowest BCUT2D eigenvalue weighted by atomic mass is 10.1. The van der Waals surface area contributed by atoms with Crippen molar-refractivity contribution in [3.8, 4) is 0 Å². The summed E-state index contributed by atoms with van der Waals surface area (Å²) < 4.78 is 0. The molecular formula is C18H22N4OS. The van der Waals surface area contributed by atoms with Crippen LogP contribution in [0.25, 0.3) is 0 Å². The molecule has 0 aromatic carbocycles. The molecule has 0 unspecified atom stereocenters. The van der Waals surface area contributed by atoms with Crippen molar-refractivity contribution in [1.29, 1.82) is 0 Å². The van der Waals surface area contributed by atoms with E-state index in [1.165, 1.54) is 9.75 Å². The van der Waals surface area contributed by atoms with Crippen LogP contribution in [0.5, 0.6) is 0 Å². The molecule has 1 aliphatic heterocycles. The topological polar surface area (TPSA) is 58.1 Å². The number of piperidine rings is 1. The molecule has 3 atom stereocenters. The largest absolute Gasteiger partial charge is 0.353 e. The quantitative estimate of drug-likeness (QED) is 0.928. The van der Waals surface area contributed by atoms with E-state index in [1.54, 1.807) is 6.20 Å². The van der Waals surface area contributed by atoms with Gasteiger partial charge in [-0.2, -0.15) is 5.10 Å². The second-order valence-corrected chi connectivity index (χ2v) is 8.09. The highest BCUT2D eigenvalue weighted by Crippen LogP contribution is 2.49. The molecule has 3 heterocycles. The number of nitrogens with zero attached hydrogens (tertiary/aromatic N) is 3. The molecule has 0 spiro atoms. The molecule has 1 N–H and O–H groups in total. The number of hydrogen-bond acceptors (Lipinski definition) is 5. The van der Waals surface area contributed by atoms with Crippen LogP contribution < -0.4 is 10.2 Å². The number of hydrogen-bond donors (Lipinski definition) is 1. The van der Waals surface area contributed by atoms with Gasteiger partial charge in [-0.15, -0.1) is 16.4 Å². The zero-order valence-electron chi connectivity index (χ0n) is 13.8. The first-order valence-electron chi connectivity index (χ1n) is 8.60. The summed E-state index contributed by atoms with van der Waals surface area (Å²) in [6.45, 7) is 3.92. The van der Waals surface area contributed by atoms with Crippen molar-refractivity contribution in [3.05, 3.63) is 40.2 Å². The molecule has 1 saturated carbocycles. The number of aryl methyl sites for hydroxylation is 1. The Labute approximate surface area is 146 Å². The van der Waals surface area contributed by atoms with Gasteiger partial charge in [-0.1, -0.05) is 0 Å². The van der Waals surface area contributed by atoms with E-state index in [2.05, 4.69) is 39.5 Å². The van der Waals surface area contributed by atoms with Crippen LogP contribution in [0.1, 0.15) is 34.9 Å². The maximum Gasteiger partial charge on any atom is 0.224 e. The smallest absolute Gasteiger partial charge is 0.224 e. The lowest BCUT2D eigenvalue weighted by Crippen LogP contribution is -2.48. The number of carbonyl (C=O) groups is 1. The molecule has 0 radical (unpaired) electrons. The second kappa shape index (κ2) is 6.51. The van der Waals surface area contributed by atoms with Crippen LogP contribution >= 0.6 is 11.3 Å². The minimum absolute atomic E-state index is 0.162. The molecule has 2 aromatic rings. The number of thiophene rings is 1. The number of rotatable bonds is 4. The lowest BCUT2D eigenvalue weighted by molar-refractivity contribution is -0.123. The predicted molar refractivity (Wildman–Crippen MR) is 95.3 cm³/mol. The van der Waals surface area contributed by atoms with Crippen LogP contribution in [0, 0.1) is 12.8 Å². The van der Waals surface area contributed by atoms with Gasteiger partial charge in [0.2, 0.25) is 5.91 Å². The van der Waals surface area contributed by atoms with E-state index in [0.29, 0.717) is 5.92 Å². The van der Waals surface area contributed by atoms with Gasteiger partial charge in [0, 0.05) is 46.9 Å². The number of aromatic nitrogens is 2. The fraction of sp³-hybridized carbons (Fsp3) is 0.500. The molecule has 2 fully saturated rings. The molecule has 2 aliphatic rings. The van der Waals surface area contributed by atoms with Crippen molar-refractivity contribution in [3.63, 3.8) is 0 Å². The fourth-order valence-corrected chi connectivity index (χ4v) is 4.58. The molecule has 5 nitrogen and oxygen atoms in total. The zero-order valence-corrected chi connectivity index (χ0v) is 14.6. The summed E-state index contributed by atoms with van der Waals surface area (Å²) >= 11 is 1.82. The third-order valence-electron chi connectivity index (χ3n) is 4.90. The van der Waals surface area contributed by atoms with E-state index < -0.39 is 0 Å². The van der Waals surface area contributed by atoms with Gasteiger partial charge < -0.3 is 10.2 Å². The Hall–Kier alpha value is -1.95. The second-order valence-electron chi connectivity index (χ2n) is 6.77. The van der Waals surface area contributed by atoms with Crippen LogP contribution in [0.15, 0.2) is 30.5 Å². The van der Waals surface area contributed by atoms with Crippen LogP contribution in [0.4, 0.5) is 5.82 Å². The van der Waals surface area contributed by atoms with Crippen molar-refractivity contribution in [2.75, 3.05) is 18.0 Å². The average molecular weight is 342 g/mol. The van der Waals surface area contributed by atoms with Crippen LogP contribution in [-0.2, 0) is 4.79 Å². The minimum Gasteiger partial charge on any atom is -0.353 e. The SMILES string of the molecule is Cc1ccc([C@@H]2C[C@H]2C(=O)N[C@@H]2CCCN(c3cccnn3)C2)s1. The fourth-order valence-electron chi connectivity index (χ4n) is 3.53. The summed E-state index contributed by atoms with van der Waals surface area (Å²) in [5.41, 5.74) is 0. The molecule has 1 saturated heterocycles. The van der Waals surface area contributed by atoms with Crippen LogP contribution in [0.2, 0.25) is 0 Å². The van der Waals surface area contributed by atoms with Gasteiger partial charge in [0.15, 0.2) is 5.82 Å². The van der Waals surface area contributed by atoms with Crippen molar-refractivity contribution in [2.24, 2.45) is 5.92 Å². The van der Waals surface area contributed by atoms with Crippen molar-refractivity contribution in [1.82, 2.24) is 15.5 Å². The average Bonchev–Trinajstić information content (AvgIpc) is 3.30. The van der Waals surface area contributed by atoms with Gasteiger partial charge in [-0.05, 0) is 50.5 Å². The Morgan fingerprint density at radius 2 is 2.29 bits per heavy atom. The first-order chi connectivity index (χ1) is 11.7. The van der Waals surface area contributed by atoms with Crippen molar-refractivity contribution in [2.45, 2.75) is 38.1 Å². The summed E-state index contributed by atoms with van der Waals surface area (Å²) in [6, 6.07) is 8.41. The molecule has 1 amide bonds. The molecule has 0 bridgehead atoms. The highest BCUT2D eigenvalue weighted by molar-refractivity contribution is 7.12. The zero-order chi connectivity index (χ0) is 16.5. The molecule has 1 aliphatic carbocycles. The summed E-state index contributed by atoms with van der Waals surface area (Å²) in [4.78, 5) is 17.5. The Kier molecular flexibility index (Phi) is 4.22. The van der Waals surface area contributed by atoms with Gasteiger partial charge >= 0.3 is 0 Å². The highest BCUT2D eigenvalue weighted by atomic mass is 32.1. The molecule has 4 rings (SSSR count). The van der Waals surface area contributed by atoms with E-state index in [4.69, 9.17) is 0 Å².